The molecule has 1 heterocycles. The van der Waals surface area contributed by atoms with Crippen molar-refractivity contribution in [3.8, 4) is 0 Å². The molecule has 4 heteroatoms. The minimum atomic E-state index is -0.713. The highest BCUT2D eigenvalue weighted by Crippen LogP contribution is 2.35. The van der Waals surface area contributed by atoms with Gasteiger partial charge < -0.3 is 10.2 Å². The molecule has 0 amide bonds. The second-order valence-electron chi connectivity index (χ2n) is 5.73. The van der Waals surface area contributed by atoms with Crippen LogP contribution in [0.25, 0.3) is 0 Å². The maximum absolute atomic E-state index is 11.3. The van der Waals surface area contributed by atoms with Crippen LogP contribution in [0.2, 0.25) is 0 Å². The number of hydrogen-bond donors (Lipinski definition) is 2. The maximum Gasteiger partial charge on any atom is 0.320 e. The van der Waals surface area contributed by atoms with Crippen molar-refractivity contribution in [1.82, 2.24) is 4.90 Å². The molecule has 4 unspecified atom stereocenters. The van der Waals surface area contributed by atoms with Gasteiger partial charge in [-0.25, -0.2) is 0 Å². The Bertz CT molecular complexity index is 295. The van der Waals surface area contributed by atoms with Crippen LogP contribution in [0.1, 0.15) is 51.9 Å². The van der Waals surface area contributed by atoms with E-state index in [-0.39, 0.29) is 24.1 Å². The minimum Gasteiger partial charge on any atom is -0.480 e. The molecule has 104 valence electrons. The summed E-state index contributed by atoms with van der Waals surface area (Å²) in [5.74, 6) is -0.427. The molecule has 0 aromatic heterocycles. The summed E-state index contributed by atoms with van der Waals surface area (Å²) >= 11 is 0. The summed E-state index contributed by atoms with van der Waals surface area (Å²) in [7, 11) is 0. The first-order chi connectivity index (χ1) is 8.65. The predicted molar refractivity (Wildman–Crippen MR) is 69.4 cm³/mol. The molecule has 1 saturated carbocycles. The number of hydrogen-bond acceptors (Lipinski definition) is 3. The van der Waals surface area contributed by atoms with E-state index in [1.807, 2.05) is 6.92 Å². The highest BCUT2D eigenvalue weighted by atomic mass is 16.4. The standard InChI is InChI=1S/C14H25NO3/c1-2-11(14(17)18)15-9-5-7-12(15)10-6-3-4-8-13(10)16/h10-13,16H,2-9H2,1H3,(H,17,18). The molecule has 2 N–H and O–H groups in total. The van der Waals surface area contributed by atoms with Crippen LogP contribution in [0.4, 0.5) is 0 Å². The molecule has 1 aliphatic heterocycles. The van der Waals surface area contributed by atoms with Gasteiger partial charge in [-0.05, 0) is 38.6 Å². The Hall–Kier alpha value is -0.610. The minimum absolute atomic E-state index is 0.226. The molecule has 1 saturated heterocycles. The molecule has 1 aliphatic carbocycles. The van der Waals surface area contributed by atoms with Gasteiger partial charge in [0, 0.05) is 12.0 Å². The number of nitrogens with zero attached hydrogens (tertiary/aromatic N) is 1. The van der Waals surface area contributed by atoms with Crippen molar-refractivity contribution in [3.63, 3.8) is 0 Å². The third-order valence-electron chi connectivity index (χ3n) is 4.69. The van der Waals surface area contributed by atoms with Gasteiger partial charge in [0.1, 0.15) is 6.04 Å². The van der Waals surface area contributed by atoms with E-state index in [9.17, 15) is 15.0 Å². The van der Waals surface area contributed by atoms with Crippen molar-refractivity contribution in [2.24, 2.45) is 5.92 Å². The lowest BCUT2D eigenvalue weighted by Crippen LogP contribution is -2.49. The van der Waals surface area contributed by atoms with Crippen LogP contribution in [0.3, 0.4) is 0 Å². The van der Waals surface area contributed by atoms with Gasteiger partial charge in [0.05, 0.1) is 6.10 Å². The Kier molecular flexibility index (Phi) is 4.62. The van der Waals surface area contributed by atoms with E-state index in [4.69, 9.17) is 0 Å². The second kappa shape index (κ2) is 6.02. The number of aliphatic carboxylic acids is 1. The molecular formula is C14H25NO3. The molecule has 18 heavy (non-hydrogen) atoms. The van der Waals surface area contributed by atoms with Crippen LogP contribution in [-0.2, 0) is 4.79 Å². The van der Waals surface area contributed by atoms with Crippen molar-refractivity contribution < 1.29 is 15.0 Å². The lowest BCUT2D eigenvalue weighted by molar-refractivity contribution is -0.144. The number of aliphatic hydroxyl groups is 1. The molecular weight excluding hydrogens is 230 g/mol. The Morgan fingerprint density at radius 1 is 1.28 bits per heavy atom. The van der Waals surface area contributed by atoms with Gasteiger partial charge in [-0.15, -0.1) is 0 Å². The zero-order valence-electron chi connectivity index (χ0n) is 11.2. The average molecular weight is 255 g/mol. The molecule has 0 aromatic carbocycles. The first-order valence-electron chi connectivity index (χ1n) is 7.31. The summed E-state index contributed by atoms with van der Waals surface area (Å²) in [6.45, 7) is 2.81. The normalized spacial score (nSPS) is 35.6. The molecule has 0 aromatic rings. The van der Waals surface area contributed by atoms with Crippen LogP contribution >= 0.6 is 0 Å². The van der Waals surface area contributed by atoms with Crippen LogP contribution in [0.15, 0.2) is 0 Å². The molecule has 4 atom stereocenters. The molecule has 0 spiro atoms. The molecule has 0 radical (unpaired) electrons. The van der Waals surface area contributed by atoms with Gasteiger partial charge in [-0.2, -0.15) is 0 Å². The molecule has 0 bridgehead atoms. The summed E-state index contributed by atoms with van der Waals surface area (Å²) in [5.41, 5.74) is 0. The molecule has 2 rings (SSSR count). The maximum atomic E-state index is 11.3. The van der Waals surface area contributed by atoms with E-state index >= 15 is 0 Å². The van der Waals surface area contributed by atoms with Gasteiger partial charge in [0.25, 0.3) is 0 Å². The summed E-state index contributed by atoms with van der Waals surface area (Å²) in [4.78, 5) is 13.5. The highest BCUT2D eigenvalue weighted by Gasteiger charge is 2.40. The number of carboxylic acid groups (broad SMARTS) is 1. The summed E-state index contributed by atoms with van der Waals surface area (Å²) in [6, 6.07) is -0.0898. The third kappa shape index (κ3) is 2.69. The number of carboxylic acids is 1. The van der Waals surface area contributed by atoms with E-state index in [1.165, 1.54) is 6.42 Å². The van der Waals surface area contributed by atoms with Crippen LogP contribution in [-0.4, -0.2) is 45.8 Å². The van der Waals surface area contributed by atoms with E-state index in [0.717, 1.165) is 38.6 Å². The van der Waals surface area contributed by atoms with Crippen molar-refractivity contribution in [2.75, 3.05) is 6.54 Å². The number of carbonyl (C=O) groups is 1. The second-order valence-corrected chi connectivity index (χ2v) is 5.73. The zero-order chi connectivity index (χ0) is 13.1. The lowest BCUT2D eigenvalue weighted by Gasteiger charge is -2.39. The van der Waals surface area contributed by atoms with E-state index in [2.05, 4.69) is 4.90 Å². The fourth-order valence-corrected chi connectivity index (χ4v) is 3.80. The van der Waals surface area contributed by atoms with E-state index in [1.54, 1.807) is 0 Å². The van der Waals surface area contributed by atoms with Gasteiger partial charge in [0.15, 0.2) is 0 Å². The Morgan fingerprint density at radius 2 is 2.00 bits per heavy atom. The summed E-state index contributed by atoms with van der Waals surface area (Å²) in [5, 5.41) is 19.5. The number of aliphatic hydroxyl groups excluding tert-OH is 1. The summed E-state index contributed by atoms with van der Waals surface area (Å²) < 4.78 is 0. The van der Waals surface area contributed by atoms with Crippen molar-refractivity contribution >= 4 is 5.97 Å². The Balaban J connectivity index is 2.08. The van der Waals surface area contributed by atoms with Crippen LogP contribution < -0.4 is 0 Å². The largest absolute Gasteiger partial charge is 0.480 e. The quantitative estimate of drug-likeness (QED) is 0.805. The molecule has 2 fully saturated rings. The fourth-order valence-electron chi connectivity index (χ4n) is 3.80. The third-order valence-corrected chi connectivity index (χ3v) is 4.69. The Labute approximate surface area is 109 Å². The summed E-state index contributed by atoms with van der Waals surface area (Å²) in [6.07, 6.45) is 6.77. The molecule has 2 aliphatic rings. The first kappa shape index (κ1) is 13.8. The van der Waals surface area contributed by atoms with Crippen molar-refractivity contribution in [3.05, 3.63) is 0 Å². The SMILES string of the molecule is CCC(C(=O)O)N1CCCC1C1CCCCC1O. The fraction of sp³-hybridized carbons (Fsp3) is 0.929. The van der Waals surface area contributed by atoms with E-state index in [0.29, 0.717) is 6.42 Å². The van der Waals surface area contributed by atoms with Crippen LogP contribution in [0, 0.1) is 5.92 Å². The van der Waals surface area contributed by atoms with Gasteiger partial charge in [0.2, 0.25) is 0 Å². The Morgan fingerprint density at radius 3 is 2.61 bits per heavy atom. The van der Waals surface area contributed by atoms with Crippen molar-refractivity contribution in [2.45, 2.75) is 70.1 Å². The highest BCUT2D eigenvalue weighted by molar-refractivity contribution is 5.73. The lowest BCUT2D eigenvalue weighted by atomic mass is 9.80. The number of rotatable bonds is 4. The average Bonchev–Trinajstić information content (AvgIpc) is 2.79. The molecule has 4 nitrogen and oxygen atoms in total. The monoisotopic (exact) mass is 255 g/mol. The van der Waals surface area contributed by atoms with Gasteiger partial charge in [-0.3, -0.25) is 9.69 Å². The number of likely N-dealkylation sites (tertiary alicyclic amines) is 1. The smallest absolute Gasteiger partial charge is 0.320 e. The first-order valence-corrected chi connectivity index (χ1v) is 7.31. The van der Waals surface area contributed by atoms with Gasteiger partial charge in [-0.1, -0.05) is 19.8 Å². The van der Waals surface area contributed by atoms with Crippen molar-refractivity contribution in [1.29, 1.82) is 0 Å². The topological polar surface area (TPSA) is 60.8 Å². The van der Waals surface area contributed by atoms with Crippen LogP contribution in [0.5, 0.6) is 0 Å². The predicted octanol–water partition coefficient (Wildman–Crippen LogP) is 1.87. The zero-order valence-corrected chi connectivity index (χ0v) is 11.2. The van der Waals surface area contributed by atoms with E-state index < -0.39 is 5.97 Å². The van der Waals surface area contributed by atoms with Gasteiger partial charge >= 0.3 is 5.97 Å².